The highest BCUT2D eigenvalue weighted by molar-refractivity contribution is 7.99. The zero-order chi connectivity index (χ0) is 17.5. The van der Waals surface area contributed by atoms with Crippen LogP contribution >= 0.6 is 11.8 Å². The lowest BCUT2D eigenvalue weighted by molar-refractivity contribution is -0.118. The van der Waals surface area contributed by atoms with Crippen molar-refractivity contribution in [3.05, 3.63) is 42.2 Å². The Hall–Kier alpha value is -2.28. The molecule has 1 fully saturated rings. The summed E-state index contributed by atoms with van der Waals surface area (Å²) in [6.07, 6.45) is 3.98. The van der Waals surface area contributed by atoms with Crippen LogP contribution in [0.5, 0.6) is 5.75 Å². The number of para-hydroxylation sites is 1. The molecule has 0 unspecified atom stereocenters. The molecule has 1 N–H and O–H groups in total. The minimum Gasteiger partial charge on any atom is -0.496 e. The Bertz CT molecular complexity index is 720. The minimum atomic E-state index is -0.0303. The summed E-state index contributed by atoms with van der Waals surface area (Å²) in [5.74, 6) is 2.02. The maximum atomic E-state index is 12.1. The number of amides is 1. The monoisotopic (exact) mass is 358 g/mol. The second-order valence-electron chi connectivity index (χ2n) is 5.79. The molecule has 1 saturated heterocycles. The Labute approximate surface area is 152 Å². The number of anilines is 1. The van der Waals surface area contributed by atoms with E-state index in [2.05, 4.69) is 20.2 Å². The van der Waals surface area contributed by atoms with E-state index in [1.54, 1.807) is 13.4 Å². The van der Waals surface area contributed by atoms with Crippen LogP contribution in [-0.2, 0) is 11.3 Å². The van der Waals surface area contributed by atoms with Crippen LogP contribution in [0, 0.1) is 0 Å². The quantitative estimate of drug-likeness (QED) is 0.606. The fourth-order valence-electron chi connectivity index (χ4n) is 2.76. The van der Waals surface area contributed by atoms with E-state index in [4.69, 9.17) is 4.74 Å². The summed E-state index contributed by atoms with van der Waals surface area (Å²) in [6.45, 7) is 2.53. The van der Waals surface area contributed by atoms with Gasteiger partial charge in [-0.05, 0) is 18.9 Å². The average Bonchev–Trinajstić information content (AvgIpc) is 3.20. The van der Waals surface area contributed by atoms with Gasteiger partial charge in [-0.25, -0.2) is 9.97 Å². The molecule has 2 aromatic rings. The number of nitrogens with zero attached hydrogens (tertiary/aromatic N) is 3. The van der Waals surface area contributed by atoms with Gasteiger partial charge in [-0.1, -0.05) is 30.0 Å². The lowest BCUT2D eigenvalue weighted by Gasteiger charge is -2.16. The van der Waals surface area contributed by atoms with Crippen LogP contribution in [0.1, 0.15) is 18.4 Å². The molecule has 6 nitrogen and oxygen atoms in total. The van der Waals surface area contributed by atoms with Gasteiger partial charge >= 0.3 is 0 Å². The van der Waals surface area contributed by atoms with E-state index >= 15 is 0 Å². The number of benzene rings is 1. The molecule has 0 spiro atoms. The zero-order valence-corrected chi connectivity index (χ0v) is 15.1. The molecule has 1 aliphatic heterocycles. The second-order valence-corrected chi connectivity index (χ2v) is 6.78. The second kappa shape index (κ2) is 8.71. The van der Waals surface area contributed by atoms with Gasteiger partial charge in [0, 0.05) is 31.3 Å². The van der Waals surface area contributed by atoms with Gasteiger partial charge in [0.15, 0.2) is 0 Å². The lowest BCUT2D eigenvalue weighted by atomic mass is 10.2. The molecule has 1 aliphatic rings. The smallest absolute Gasteiger partial charge is 0.230 e. The van der Waals surface area contributed by atoms with Crippen molar-refractivity contribution in [2.75, 3.05) is 30.9 Å². The van der Waals surface area contributed by atoms with Crippen LogP contribution in [0.25, 0.3) is 0 Å². The summed E-state index contributed by atoms with van der Waals surface area (Å²) in [7, 11) is 1.63. The first-order valence-electron chi connectivity index (χ1n) is 8.34. The molecule has 1 aromatic heterocycles. The van der Waals surface area contributed by atoms with Gasteiger partial charge in [-0.3, -0.25) is 4.79 Å². The lowest BCUT2D eigenvalue weighted by Crippen LogP contribution is -2.24. The molecular formula is C18H22N4O2S. The zero-order valence-electron chi connectivity index (χ0n) is 14.3. The number of carbonyl (C=O) groups excluding carboxylic acids is 1. The van der Waals surface area contributed by atoms with Crippen LogP contribution in [-0.4, -0.2) is 41.8 Å². The Balaban J connectivity index is 1.49. The van der Waals surface area contributed by atoms with Crippen molar-refractivity contribution in [3.63, 3.8) is 0 Å². The molecule has 2 heterocycles. The molecule has 0 radical (unpaired) electrons. The molecule has 0 aliphatic carbocycles. The van der Waals surface area contributed by atoms with Gasteiger partial charge in [0.2, 0.25) is 5.91 Å². The number of hydrogen-bond donors (Lipinski definition) is 1. The van der Waals surface area contributed by atoms with Crippen molar-refractivity contribution in [1.29, 1.82) is 0 Å². The van der Waals surface area contributed by atoms with E-state index in [0.717, 1.165) is 35.2 Å². The van der Waals surface area contributed by atoms with Crippen LogP contribution in [0.4, 0.5) is 5.82 Å². The van der Waals surface area contributed by atoms with Crippen molar-refractivity contribution in [2.24, 2.45) is 0 Å². The maximum absolute atomic E-state index is 12.1. The van der Waals surface area contributed by atoms with Crippen molar-refractivity contribution >= 4 is 23.5 Å². The summed E-state index contributed by atoms with van der Waals surface area (Å²) in [5.41, 5.74) is 0.960. The van der Waals surface area contributed by atoms with Crippen LogP contribution in [0.2, 0.25) is 0 Å². The fraction of sp³-hybridized carbons (Fsp3) is 0.389. The molecule has 1 aromatic carbocycles. The van der Waals surface area contributed by atoms with Gasteiger partial charge in [0.25, 0.3) is 0 Å². The molecule has 0 bridgehead atoms. The van der Waals surface area contributed by atoms with Crippen molar-refractivity contribution in [2.45, 2.75) is 24.4 Å². The van der Waals surface area contributed by atoms with E-state index in [0.29, 0.717) is 12.3 Å². The predicted octanol–water partition coefficient (Wildman–Crippen LogP) is 2.49. The Morgan fingerprint density at radius 1 is 1.28 bits per heavy atom. The fourth-order valence-corrected chi connectivity index (χ4v) is 3.45. The van der Waals surface area contributed by atoms with Crippen molar-refractivity contribution in [3.8, 4) is 5.75 Å². The molecule has 132 valence electrons. The van der Waals surface area contributed by atoms with Gasteiger partial charge in [0.05, 0.1) is 12.9 Å². The minimum absolute atomic E-state index is 0.0303. The van der Waals surface area contributed by atoms with E-state index in [1.165, 1.54) is 24.6 Å². The number of aromatic nitrogens is 2. The Morgan fingerprint density at radius 2 is 2.08 bits per heavy atom. The molecule has 7 heteroatoms. The first-order chi connectivity index (χ1) is 12.3. The van der Waals surface area contributed by atoms with Crippen molar-refractivity contribution in [1.82, 2.24) is 15.3 Å². The highest BCUT2D eigenvalue weighted by Gasteiger charge is 2.14. The highest BCUT2D eigenvalue weighted by Crippen LogP contribution is 2.22. The van der Waals surface area contributed by atoms with E-state index in [-0.39, 0.29) is 5.91 Å². The molecule has 0 atom stereocenters. The average molecular weight is 358 g/mol. The van der Waals surface area contributed by atoms with Gasteiger partial charge in [-0.15, -0.1) is 0 Å². The van der Waals surface area contributed by atoms with Gasteiger partial charge in [0.1, 0.15) is 22.9 Å². The number of rotatable bonds is 7. The number of carbonyl (C=O) groups is 1. The summed E-state index contributed by atoms with van der Waals surface area (Å²) in [6, 6.07) is 9.63. The third-order valence-corrected chi connectivity index (χ3v) is 5.00. The summed E-state index contributed by atoms with van der Waals surface area (Å²) < 4.78 is 5.29. The molecule has 25 heavy (non-hydrogen) atoms. The molecular weight excluding hydrogens is 336 g/mol. The molecule has 3 rings (SSSR count). The SMILES string of the molecule is COc1ccccc1CNC(=O)CSc1cc(N2CCCC2)ncn1. The summed E-state index contributed by atoms with van der Waals surface area (Å²) >= 11 is 1.43. The normalized spacial score (nSPS) is 13.7. The molecule has 0 saturated carbocycles. The Kier molecular flexibility index (Phi) is 6.11. The number of hydrogen-bond acceptors (Lipinski definition) is 6. The number of thioether (sulfide) groups is 1. The number of nitrogens with one attached hydrogen (secondary N) is 1. The third-order valence-electron chi connectivity index (χ3n) is 4.08. The predicted molar refractivity (Wildman–Crippen MR) is 99.0 cm³/mol. The number of ether oxygens (including phenoxy) is 1. The topological polar surface area (TPSA) is 67.3 Å². The van der Waals surface area contributed by atoms with Crippen LogP contribution in [0.3, 0.4) is 0 Å². The van der Waals surface area contributed by atoms with Gasteiger partial charge < -0.3 is 15.0 Å². The Morgan fingerprint density at radius 3 is 2.88 bits per heavy atom. The molecule has 1 amide bonds. The highest BCUT2D eigenvalue weighted by atomic mass is 32.2. The third kappa shape index (κ3) is 4.85. The van der Waals surface area contributed by atoms with Gasteiger partial charge in [-0.2, -0.15) is 0 Å². The van der Waals surface area contributed by atoms with E-state index in [9.17, 15) is 4.79 Å². The summed E-state index contributed by atoms with van der Waals surface area (Å²) in [5, 5.41) is 3.74. The maximum Gasteiger partial charge on any atom is 0.230 e. The largest absolute Gasteiger partial charge is 0.496 e. The standard InChI is InChI=1S/C18H22N4O2S/c1-24-15-7-3-2-6-14(15)11-19-17(23)12-25-18-10-16(20-13-21-18)22-8-4-5-9-22/h2-3,6-7,10,13H,4-5,8-9,11-12H2,1H3,(H,19,23). The number of methoxy groups -OCH3 is 1. The van der Waals surface area contributed by atoms with Crippen LogP contribution < -0.4 is 15.0 Å². The van der Waals surface area contributed by atoms with E-state index in [1.807, 2.05) is 30.3 Å². The first-order valence-corrected chi connectivity index (χ1v) is 9.33. The first kappa shape index (κ1) is 17.5. The van der Waals surface area contributed by atoms with Crippen molar-refractivity contribution < 1.29 is 9.53 Å². The summed E-state index contributed by atoms with van der Waals surface area (Å²) in [4.78, 5) is 22.9. The van der Waals surface area contributed by atoms with Crippen LogP contribution in [0.15, 0.2) is 41.7 Å². The van der Waals surface area contributed by atoms with E-state index < -0.39 is 0 Å².